The van der Waals surface area contributed by atoms with Gasteiger partial charge in [-0.05, 0) is 18.4 Å². The molecule has 0 spiro atoms. The quantitative estimate of drug-likeness (QED) is 0.846. The summed E-state index contributed by atoms with van der Waals surface area (Å²) in [6.45, 7) is 0.932. The number of nitrogens with zero attached hydrogens (tertiary/aromatic N) is 3. The molecule has 118 valence electrons. The molecule has 1 aromatic carbocycles. The van der Waals surface area contributed by atoms with Gasteiger partial charge in [-0.15, -0.1) is 0 Å². The number of rotatable bonds is 4. The van der Waals surface area contributed by atoms with Crippen molar-refractivity contribution in [2.45, 2.75) is 31.5 Å². The number of carbonyl (C=O) groups excluding carboxylic acids is 2. The fourth-order valence-electron chi connectivity index (χ4n) is 3.07. The number of amides is 3. The summed E-state index contributed by atoms with van der Waals surface area (Å²) in [6.07, 6.45) is 1.49. The van der Waals surface area contributed by atoms with Crippen LogP contribution in [0.25, 0.3) is 0 Å². The van der Waals surface area contributed by atoms with Crippen LogP contribution in [-0.4, -0.2) is 59.5 Å². The Kier molecular flexibility index (Phi) is 4.02. The number of likely N-dealkylation sites (N-methyl/N-ethyl adjacent to an activating group) is 1. The van der Waals surface area contributed by atoms with E-state index in [2.05, 4.69) is 0 Å². The highest BCUT2D eigenvalue weighted by molar-refractivity contribution is 5.88. The van der Waals surface area contributed by atoms with Crippen molar-refractivity contribution in [2.75, 3.05) is 20.6 Å². The molecule has 0 unspecified atom stereocenters. The van der Waals surface area contributed by atoms with Gasteiger partial charge < -0.3 is 9.80 Å². The van der Waals surface area contributed by atoms with E-state index in [9.17, 15) is 9.59 Å². The monoisotopic (exact) mass is 303 g/mol. The Bertz CT molecular complexity index is 561. The highest BCUT2D eigenvalue weighted by atomic mass is 16.7. The number of fused-ring (bicyclic) bond motifs is 2. The molecule has 3 amide bonds. The van der Waals surface area contributed by atoms with E-state index in [1.807, 2.05) is 30.3 Å². The van der Waals surface area contributed by atoms with Crippen LogP contribution in [0.2, 0.25) is 0 Å². The minimum absolute atomic E-state index is 0.0169. The lowest BCUT2D eigenvalue weighted by Gasteiger charge is -2.31. The largest absolute Gasteiger partial charge is 0.347 e. The van der Waals surface area contributed by atoms with Crippen LogP contribution in [0.4, 0.5) is 4.79 Å². The van der Waals surface area contributed by atoms with Crippen molar-refractivity contribution in [3.8, 4) is 0 Å². The Morgan fingerprint density at radius 1 is 1.27 bits per heavy atom. The van der Waals surface area contributed by atoms with Crippen LogP contribution in [0.5, 0.6) is 0 Å². The molecular formula is C16H21N3O3. The standard InChI is InChI=1S/C16H21N3O3/c1-17(2)15(20)14-9-8-13-10-18(14)16(21)19(13)22-11-12-6-4-3-5-7-12/h3-7,13-14H,8-11H2,1-2H3/t13-,14+/m1/s1. The van der Waals surface area contributed by atoms with E-state index in [1.165, 1.54) is 5.06 Å². The molecule has 0 aliphatic carbocycles. The minimum atomic E-state index is -0.357. The van der Waals surface area contributed by atoms with Gasteiger partial charge in [0.15, 0.2) is 0 Å². The van der Waals surface area contributed by atoms with Crippen LogP contribution < -0.4 is 0 Å². The van der Waals surface area contributed by atoms with Crippen LogP contribution in [0.3, 0.4) is 0 Å². The highest BCUT2D eigenvalue weighted by Crippen LogP contribution is 2.31. The second-order valence-electron chi connectivity index (χ2n) is 6.00. The number of hydroxylamine groups is 2. The SMILES string of the molecule is CN(C)C(=O)[C@@H]1CC[C@@H]2CN1C(=O)N2OCc1ccccc1. The topological polar surface area (TPSA) is 53.1 Å². The number of hydrogen-bond donors (Lipinski definition) is 0. The van der Waals surface area contributed by atoms with Gasteiger partial charge in [0, 0.05) is 20.6 Å². The van der Waals surface area contributed by atoms with Crippen LogP contribution in [0.1, 0.15) is 18.4 Å². The molecule has 6 nitrogen and oxygen atoms in total. The van der Waals surface area contributed by atoms with Crippen LogP contribution >= 0.6 is 0 Å². The zero-order valence-electron chi connectivity index (χ0n) is 12.9. The van der Waals surface area contributed by atoms with Gasteiger partial charge >= 0.3 is 6.03 Å². The minimum Gasteiger partial charge on any atom is -0.347 e. The Hall–Kier alpha value is -2.08. The molecule has 0 aromatic heterocycles. The molecular weight excluding hydrogens is 282 g/mol. The lowest BCUT2D eigenvalue weighted by molar-refractivity contribution is -0.140. The summed E-state index contributed by atoms with van der Waals surface area (Å²) in [7, 11) is 3.44. The van der Waals surface area contributed by atoms with E-state index in [0.29, 0.717) is 19.6 Å². The van der Waals surface area contributed by atoms with Crippen molar-refractivity contribution in [1.82, 2.24) is 14.9 Å². The van der Waals surface area contributed by atoms with Crippen molar-refractivity contribution in [1.29, 1.82) is 0 Å². The van der Waals surface area contributed by atoms with Gasteiger partial charge in [-0.1, -0.05) is 30.3 Å². The van der Waals surface area contributed by atoms with Crippen molar-refractivity contribution in [2.24, 2.45) is 0 Å². The summed E-state index contributed by atoms with van der Waals surface area (Å²) in [6, 6.07) is 9.25. The normalized spacial score (nSPS) is 23.8. The molecule has 0 radical (unpaired) electrons. The number of piperidine rings is 1. The summed E-state index contributed by atoms with van der Waals surface area (Å²) < 4.78 is 0. The lowest BCUT2D eigenvalue weighted by atomic mass is 10.00. The van der Waals surface area contributed by atoms with Gasteiger partial charge in [-0.2, -0.15) is 5.06 Å². The molecule has 3 rings (SSSR count). The zero-order valence-corrected chi connectivity index (χ0v) is 12.9. The van der Waals surface area contributed by atoms with E-state index in [1.54, 1.807) is 23.9 Å². The second kappa shape index (κ2) is 5.96. The molecule has 2 saturated heterocycles. The Balaban J connectivity index is 1.66. The third-order valence-electron chi connectivity index (χ3n) is 4.26. The van der Waals surface area contributed by atoms with E-state index in [4.69, 9.17) is 4.84 Å². The number of carbonyl (C=O) groups is 2. The number of urea groups is 1. The van der Waals surface area contributed by atoms with Crippen LogP contribution in [-0.2, 0) is 16.2 Å². The molecule has 2 aliphatic heterocycles. The van der Waals surface area contributed by atoms with Crippen molar-refractivity contribution < 1.29 is 14.4 Å². The maximum absolute atomic E-state index is 12.5. The zero-order chi connectivity index (χ0) is 15.7. The van der Waals surface area contributed by atoms with Crippen LogP contribution in [0.15, 0.2) is 30.3 Å². The number of benzene rings is 1. The van der Waals surface area contributed by atoms with E-state index < -0.39 is 0 Å². The molecule has 0 N–H and O–H groups in total. The van der Waals surface area contributed by atoms with Crippen molar-refractivity contribution in [3.63, 3.8) is 0 Å². The average Bonchev–Trinajstić information content (AvgIpc) is 2.77. The van der Waals surface area contributed by atoms with Gasteiger partial charge in [-0.25, -0.2) is 4.79 Å². The first kappa shape index (κ1) is 14.8. The van der Waals surface area contributed by atoms with Crippen molar-refractivity contribution in [3.05, 3.63) is 35.9 Å². The predicted molar refractivity (Wildman–Crippen MR) is 80.7 cm³/mol. The van der Waals surface area contributed by atoms with E-state index in [0.717, 1.165) is 12.0 Å². The maximum Gasteiger partial charge on any atom is 0.345 e. The summed E-state index contributed by atoms with van der Waals surface area (Å²) >= 11 is 0. The molecule has 2 atom stereocenters. The van der Waals surface area contributed by atoms with E-state index >= 15 is 0 Å². The molecule has 0 saturated carbocycles. The van der Waals surface area contributed by atoms with Crippen molar-refractivity contribution >= 4 is 11.9 Å². The lowest BCUT2D eigenvalue weighted by Crippen LogP contribution is -2.49. The smallest absolute Gasteiger partial charge is 0.345 e. The van der Waals surface area contributed by atoms with Gasteiger partial charge in [0.1, 0.15) is 12.6 Å². The predicted octanol–water partition coefficient (Wildman–Crippen LogP) is 1.47. The molecule has 22 heavy (non-hydrogen) atoms. The third-order valence-corrected chi connectivity index (χ3v) is 4.26. The van der Waals surface area contributed by atoms with Gasteiger partial charge in [0.25, 0.3) is 0 Å². The molecule has 2 heterocycles. The molecule has 1 aromatic rings. The van der Waals surface area contributed by atoms with E-state index in [-0.39, 0.29) is 24.0 Å². The first-order chi connectivity index (χ1) is 10.6. The summed E-state index contributed by atoms with van der Waals surface area (Å²) in [5.74, 6) is -0.0169. The average molecular weight is 303 g/mol. The molecule has 2 fully saturated rings. The maximum atomic E-state index is 12.5. The van der Waals surface area contributed by atoms with Crippen LogP contribution in [0, 0.1) is 0 Å². The summed E-state index contributed by atoms with van der Waals surface area (Å²) in [5.41, 5.74) is 1.02. The fourth-order valence-corrected chi connectivity index (χ4v) is 3.07. The Labute approximate surface area is 130 Å². The first-order valence-corrected chi connectivity index (χ1v) is 7.56. The van der Waals surface area contributed by atoms with Gasteiger partial charge in [-0.3, -0.25) is 9.63 Å². The first-order valence-electron chi connectivity index (χ1n) is 7.56. The fraction of sp³-hybridized carbons (Fsp3) is 0.500. The second-order valence-corrected chi connectivity index (χ2v) is 6.00. The highest BCUT2D eigenvalue weighted by Gasteiger charge is 2.48. The molecule has 2 aliphatic rings. The molecule has 6 heteroatoms. The summed E-state index contributed by atoms with van der Waals surface area (Å²) in [4.78, 5) is 33.6. The summed E-state index contributed by atoms with van der Waals surface area (Å²) in [5, 5.41) is 1.45. The Morgan fingerprint density at radius 2 is 2.00 bits per heavy atom. The van der Waals surface area contributed by atoms with Gasteiger partial charge in [0.2, 0.25) is 5.91 Å². The third kappa shape index (κ3) is 2.66. The Morgan fingerprint density at radius 3 is 2.68 bits per heavy atom. The van der Waals surface area contributed by atoms with Gasteiger partial charge in [0.05, 0.1) is 6.04 Å². The number of hydrogen-bond acceptors (Lipinski definition) is 3. The molecule has 2 bridgehead atoms.